The Balaban J connectivity index is 1.99. The van der Waals surface area contributed by atoms with Crippen LogP contribution in [0.15, 0.2) is 24.3 Å². The molecule has 0 radical (unpaired) electrons. The van der Waals surface area contributed by atoms with Gasteiger partial charge in [0.05, 0.1) is 4.92 Å². The van der Waals surface area contributed by atoms with Crippen molar-refractivity contribution in [3.63, 3.8) is 0 Å². The van der Waals surface area contributed by atoms with Gasteiger partial charge < -0.3 is 4.74 Å². The average molecular weight is 307 g/mol. The van der Waals surface area contributed by atoms with E-state index in [1.54, 1.807) is 0 Å². The van der Waals surface area contributed by atoms with Gasteiger partial charge in [-0.1, -0.05) is 12.1 Å². The molecule has 0 unspecified atom stereocenters. The van der Waals surface area contributed by atoms with Crippen molar-refractivity contribution in [1.82, 2.24) is 9.78 Å². The van der Waals surface area contributed by atoms with Crippen LogP contribution in [-0.4, -0.2) is 20.7 Å². The summed E-state index contributed by atoms with van der Waals surface area (Å²) in [7, 11) is 0. The SMILES string of the molecule is Cc1nn(CC(=O)OCc2ccc(F)cc2)c(C)c1[N+](=O)[O-]. The second-order valence-corrected chi connectivity index (χ2v) is 4.72. The minimum Gasteiger partial charge on any atom is -0.459 e. The van der Waals surface area contributed by atoms with Crippen LogP contribution in [0, 0.1) is 29.8 Å². The van der Waals surface area contributed by atoms with Crippen LogP contribution in [0.1, 0.15) is 17.0 Å². The topological polar surface area (TPSA) is 87.3 Å². The molecule has 8 heteroatoms. The number of ether oxygens (including phenoxy) is 1. The van der Waals surface area contributed by atoms with E-state index in [0.717, 1.165) is 0 Å². The van der Waals surface area contributed by atoms with Crippen LogP contribution in [0.4, 0.5) is 10.1 Å². The molecule has 1 aromatic heterocycles. The maximum atomic E-state index is 12.7. The van der Waals surface area contributed by atoms with Crippen LogP contribution in [0.25, 0.3) is 0 Å². The summed E-state index contributed by atoms with van der Waals surface area (Å²) in [5, 5.41) is 14.8. The zero-order valence-electron chi connectivity index (χ0n) is 12.1. The van der Waals surface area contributed by atoms with Crippen LogP contribution in [0.3, 0.4) is 0 Å². The third-order valence-electron chi connectivity index (χ3n) is 3.12. The quantitative estimate of drug-likeness (QED) is 0.480. The van der Waals surface area contributed by atoms with E-state index in [2.05, 4.69) is 5.10 Å². The highest BCUT2D eigenvalue weighted by atomic mass is 19.1. The molecular formula is C14H14FN3O4. The number of hydrogen-bond acceptors (Lipinski definition) is 5. The Labute approximate surface area is 125 Å². The number of nitrogens with zero attached hydrogens (tertiary/aromatic N) is 3. The molecular weight excluding hydrogens is 293 g/mol. The van der Waals surface area contributed by atoms with E-state index in [1.165, 1.54) is 42.8 Å². The first-order valence-corrected chi connectivity index (χ1v) is 6.47. The van der Waals surface area contributed by atoms with Crippen molar-refractivity contribution in [2.75, 3.05) is 0 Å². The number of halogens is 1. The molecule has 0 aliphatic heterocycles. The van der Waals surface area contributed by atoms with Gasteiger partial charge in [0.15, 0.2) is 0 Å². The van der Waals surface area contributed by atoms with Gasteiger partial charge in [0.2, 0.25) is 0 Å². The predicted octanol–water partition coefficient (Wildman–Crippen LogP) is 2.29. The minimum atomic E-state index is -0.579. The summed E-state index contributed by atoms with van der Waals surface area (Å²) in [6.45, 7) is 2.80. The molecule has 116 valence electrons. The lowest BCUT2D eigenvalue weighted by Crippen LogP contribution is -2.15. The highest BCUT2D eigenvalue weighted by molar-refractivity contribution is 5.69. The first-order valence-electron chi connectivity index (χ1n) is 6.47. The van der Waals surface area contributed by atoms with E-state index in [-0.39, 0.29) is 30.4 Å². The van der Waals surface area contributed by atoms with Crippen molar-refractivity contribution in [3.8, 4) is 0 Å². The summed E-state index contributed by atoms with van der Waals surface area (Å²) in [6, 6.07) is 5.56. The molecule has 22 heavy (non-hydrogen) atoms. The van der Waals surface area contributed by atoms with E-state index >= 15 is 0 Å². The molecule has 0 saturated carbocycles. The minimum absolute atomic E-state index is 0.000501. The maximum Gasteiger partial charge on any atom is 0.328 e. The van der Waals surface area contributed by atoms with Gasteiger partial charge in [-0.2, -0.15) is 5.10 Å². The van der Waals surface area contributed by atoms with Crippen LogP contribution < -0.4 is 0 Å². The summed E-state index contributed by atoms with van der Waals surface area (Å²) < 4.78 is 19.0. The summed E-state index contributed by atoms with van der Waals surface area (Å²) in [6.07, 6.45) is 0. The molecule has 7 nitrogen and oxygen atoms in total. The number of nitro groups is 1. The standard InChI is InChI=1S/C14H14FN3O4/c1-9-14(18(20)21)10(2)17(16-9)7-13(19)22-8-11-3-5-12(15)6-4-11/h3-6H,7-8H2,1-2H3. The van der Waals surface area contributed by atoms with E-state index in [9.17, 15) is 19.3 Å². The van der Waals surface area contributed by atoms with Crippen molar-refractivity contribution >= 4 is 11.7 Å². The van der Waals surface area contributed by atoms with Gasteiger partial charge in [0, 0.05) is 0 Å². The smallest absolute Gasteiger partial charge is 0.328 e. The Morgan fingerprint density at radius 1 is 1.36 bits per heavy atom. The lowest BCUT2D eigenvalue weighted by molar-refractivity contribution is -0.386. The van der Waals surface area contributed by atoms with Gasteiger partial charge in [0.25, 0.3) is 0 Å². The Morgan fingerprint density at radius 3 is 2.55 bits per heavy atom. The van der Waals surface area contributed by atoms with Crippen molar-refractivity contribution in [2.45, 2.75) is 27.0 Å². The van der Waals surface area contributed by atoms with Gasteiger partial charge in [-0.25, -0.2) is 4.39 Å². The number of benzene rings is 1. The number of carbonyl (C=O) groups excluding carboxylic acids is 1. The van der Waals surface area contributed by atoms with Crippen molar-refractivity contribution < 1.29 is 18.8 Å². The second-order valence-electron chi connectivity index (χ2n) is 4.72. The monoisotopic (exact) mass is 307 g/mol. The molecule has 2 aromatic rings. The number of carbonyl (C=O) groups is 1. The molecule has 0 fully saturated rings. The summed E-state index contributed by atoms with van der Waals surface area (Å²) in [5.41, 5.74) is 1.08. The molecule has 0 amide bonds. The third kappa shape index (κ3) is 3.46. The Kier molecular flexibility index (Phi) is 4.50. The molecule has 0 bridgehead atoms. The van der Waals surface area contributed by atoms with Gasteiger partial charge in [0.1, 0.15) is 30.4 Å². The van der Waals surface area contributed by atoms with Gasteiger partial charge in [-0.15, -0.1) is 0 Å². The largest absolute Gasteiger partial charge is 0.459 e. The molecule has 2 rings (SSSR count). The van der Waals surface area contributed by atoms with E-state index in [1.807, 2.05) is 0 Å². The number of aromatic nitrogens is 2. The number of aryl methyl sites for hydroxylation is 1. The van der Waals surface area contributed by atoms with Crippen LogP contribution in [0.5, 0.6) is 0 Å². The lowest BCUT2D eigenvalue weighted by atomic mass is 10.2. The number of esters is 1. The Morgan fingerprint density at radius 2 is 2.00 bits per heavy atom. The fourth-order valence-corrected chi connectivity index (χ4v) is 2.02. The Bertz CT molecular complexity index is 710. The zero-order chi connectivity index (χ0) is 16.3. The molecule has 0 N–H and O–H groups in total. The fraction of sp³-hybridized carbons (Fsp3) is 0.286. The van der Waals surface area contributed by atoms with Crippen LogP contribution >= 0.6 is 0 Å². The number of hydrogen-bond donors (Lipinski definition) is 0. The van der Waals surface area contributed by atoms with Crippen molar-refractivity contribution in [1.29, 1.82) is 0 Å². The van der Waals surface area contributed by atoms with Crippen LogP contribution in [0.2, 0.25) is 0 Å². The summed E-state index contributed by atoms with van der Waals surface area (Å²) in [5.74, 6) is -0.949. The number of rotatable bonds is 5. The Hall–Kier alpha value is -2.77. The fourth-order valence-electron chi connectivity index (χ4n) is 2.02. The molecule has 0 atom stereocenters. The first kappa shape index (κ1) is 15.6. The van der Waals surface area contributed by atoms with Crippen molar-refractivity contribution in [2.24, 2.45) is 0 Å². The molecule has 0 aliphatic rings. The molecule has 0 spiro atoms. The highest BCUT2D eigenvalue weighted by Gasteiger charge is 2.23. The summed E-state index contributed by atoms with van der Waals surface area (Å²) >= 11 is 0. The van der Waals surface area contributed by atoms with Gasteiger partial charge >= 0.3 is 11.7 Å². The van der Waals surface area contributed by atoms with Crippen molar-refractivity contribution in [3.05, 3.63) is 57.1 Å². The van der Waals surface area contributed by atoms with Crippen LogP contribution in [-0.2, 0) is 22.7 Å². The first-order chi connectivity index (χ1) is 10.4. The maximum absolute atomic E-state index is 12.7. The lowest BCUT2D eigenvalue weighted by Gasteiger charge is -2.06. The normalized spacial score (nSPS) is 10.5. The predicted molar refractivity (Wildman–Crippen MR) is 74.6 cm³/mol. The third-order valence-corrected chi connectivity index (χ3v) is 3.12. The van der Waals surface area contributed by atoms with E-state index in [4.69, 9.17) is 4.74 Å². The average Bonchev–Trinajstić information content (AvgIpc) is 2.72. The summed E-state index contributed by atoms with van der Waals surface area (Å²) in [4.78, 5) is 22.1. The van der Waals surface area contributed by atoms with Gasteiger partial charge in [-0.05, 0) is 31.5 Å². The molecule has 1 aromatic carbocycles. The van der Waals surface area contributed by atoms with E-state index in [0.29, 0.717) is 11.3 Å². The molecule has 1 heterocycles. The second kappa shape index (κ2) is 6.33. The zero-order valence-corrected chi connectivity index (χ0v) is 12.1. The molecule has 0 saturated heterocycles. The van der Waals surface area contributed by atoms with Gasteiger partial charge in [-0.3, -0.25) is 19.6 Å². The highest BCUT2D eigenvalue weighted by Crippen LogP contribution is 2.21. The van der Waals surface area contributed by atoms with E-state index < -0.39 is 10.9 Å². The molecule has 0 aliphatic carbocycles.